The van der Waals surface area contributed by atoms with Crippen molar-refractivity contribution in [2.75, 3.05) is 11.9 Å². The zero-order valence-corrected chi connectivity index (χ0v) is 20.1. The topological polar surface area (TPSA) is 104 Å². The molecule has 5 saturated carbocycles. The Kier molecular flexibility index (Phi) is 4.62. The molecule has 1 unspecified atom stereocenters. The number of aromatic nitrogens is 4. The predicted octanol–water partition coefficient (Wildman–Crippen LogP) is 3.54. The van der Waals surface area contributed by atoms with Crippen molar-refractivity contribution in [1.82, 2.24) is 19.5 Å². The zero-order valence-electron chi connectivity index (χ0n) is 20.1. The Labute approximate surface area is 205 Å². The normalized spacial score (nSPS) is 43.3. The van der Waals surface area contributed by atoms with E-state index in [0.717, 1.165) is 60.4 Å². The lowest BCUT2D eigenvalue weighted by atomic mass is 9.53. The Morgan fingerprint density at radius 3 is 2.37 bits per heavy atom. The van der Waals surface area contributed by atoms with Crippen molar-refractivity contribution in [2.24, 2.45) is 17.8 Å². The van der Waals surface area contributed by atoms with E-state index in [1.807, 2.05) is 4.57 Å². The molecule has 9 nitrogen and oxygen atoms in total. The van der Waals surface area contributed by atoms with Crippen LogP contribution in [0.5, 0.6) is 0 Å². The van der Waals surface area contributed by atoms with Gasteiger partial charge in [-0.05, 0) is 69.1 Å². The van der Waals surface area contributed by atoms with Crippen molar-refractivity contribution >= 4 is 17.0 Å². The van der Waals surface area contributed by atoms with E-state index in [0.29, 0.717) is 0 Å². The highest BCUT2D eigenvalue weighted by Gasteiger charge is 2.59. The van der Waals surface area contributed by atoms with Crippen LogP contribution in [0.2, 0.25) is 0 Å². The van der Waals surface area contributed by atoms with Gasteiger partial charge in [0, 0.05) is 18.4 Å². The maximum absolute atomic E-state index is 10.0. The van der Waals surface area contributed by atoms with Crippen molar-refractivity contribution < 1.29 is 19.3 Å². The standard InChI is InChI=1S/C26H35N5O4/c32-12-18-20-21(35-26(34-20)4-2-1-3-5-26)24(33-18)31-14-29-19-22(27-13-28-23(19)31)30-25-9-15-6-16(10-25)8-17(7-15)11-25/h13-18,20-21,24,32H,1-12H2,(H,27,28,30)/t15?,16?,17?,18-,20?,21+,24-,25?/m1/s1. The van der Waals surface area contributed by atoms with Gasteiger partial charge < -0.3 is 24.6 Å². The molecule has 9 rings (SSSR count). The molecule has 4 bridgehead atoms. The minimum atomic E-state index is -0.542. The number of aliphatic hydroxyl groups is 1. The molecule has 7 fully saturated rings. The molecule has 188 valence electrons. The molecule has 2 aromatic rings. The van der Waals surface area contributed by atoms with Gasteiger partial charge in [0.25, 0.3) is 0 Å². The summed E-state index contributed by atoms with van der Waals surface area (Å²) in [5.74, 6) is 2.86. The van der Waals surface area contributed by atoms with E-state index in [1.54, 1.807) is 12.7 Å². The van der Waals surface area contributed by atoms with Gasteiger partial charge in [-0.15, -0.1) is 0 Å². The molecule has 5 aliphatic carbocycles. The summed E-state index contributed by atoms with van der Waals surface area (Å²) in [6.45, 7) is -0.0997. The Morgan fingerprint density at radius 1 is 0.943 bits per heavy atom. The molecule has 0 aromatic carbocycles. The number of fused-ring (bicyclic) bond motifs is 2. The van der Waals surface area contributed by atoms with Gasteiger partial charge in [0.05, 0.1) is 12.9 Å². The van der Waals surface area contributed by atoms with Crippen LogP contribution in [-0.2, 0) is 14.2 Å². The largest absolute Gasteiger partial charge is 0.394 e. The van der Waals surface area contributed by atoms with Crippen LogP contribution in [0.4, 0.5) is 5.82 Å². The Hall–Kier alpha value is -1.81. The third-order valence-electron chi connectivity index (χ3n) is 9.84. The molecule has 35 heavy (non-hydrogen) atoms. The van der Waals surface area contributed by atoms with Crippen molar-refractivity contribution in [2.45, 2.75) is 106 Å². The van der Waals surface area contributed by atoms with Gasteiger partial charge in [0.2, 0.25) is 0 Å². The predicted molar refractivity (Wildman–Crippen MR) is 126 cm³/mol. The van der Waals surface area contributed by atoms with Gasteiger partial charge in [-0.25, -0.2) is 15.0 Å². The van der Waals surface area contributed by atoms with Crippen LogP contribution in [0.3, 0.4) is 0 Å². The van der Waals surface area contributed by atoms with E-state index in [1.165, 1.54) is 44.9 Å². The van der Waals surface area contributed by atoms with E-state index in [4.69, 9.17) is 19.2 Å². The SMILES string of the molecule is OC[C@H]1O[C@@H](n2cnc3c(NC45CC6CC(CC(C6)C4)C5)ncnc32)[C@H]2OC3(CCCCC3)OC12. The third-order valence-corrected chi connectivity index (χ3v) is 9.84. The molecule has 2 aliphatic heterocycles. The van der Waals surface area contributed by atoms with Crippen molar-refractivity contribution in [3.63, 3.8) is 0 Å². The van der Waals surface area contributed by atoms with E-state index in [2.05, 4.69) is 15.3 Å². The van der Waals surface area contributed by atoms with Gasteiger partial charge in [0.1, 0.15) is 24.6 Å². The molecule has 2 saturated heterocycles. The quantitative estimate of drug-likeness (QED) is 0.684. The number of hydrogen-bond acceptors (Lipinski definition) is 8. The summed E-state index contributed by atoms with van der Waals surface area (Å²) in [4.78, 5) is 14.0. The molecular formula is C26H35N5O4. The van der Waals surface area contributed by atoms with Gasteiger partial charge in [-0.3, -0.25) is 4.57 Å². The molecule has 4 heterocycles. The molecule has 2 N–H and O–H groups in total. The maximum atomic E-state index is 10.0. The first-order valence-corrected chi connectivity index (χ1v) is 13.7. The van der Waals surface area contributed by atoms with Gasteiger partial charge in [0.15, 0.2) is 29.0 Å². The minimum absolute atomic E-state index is 0.0997. The van der Waals surface area contributed by atoms with Gasteiger partial charge >= 0.3 is 0 Å². The lowest BCUT2D eigenvalue weighted by Crippen LogP contribution is -2.54. The van der Waals surface area contributed by atoms with Gasteiger partial charge in [-0.1, -0.05) is 6.42 Å². The van der Waals surface area contributed by atoms with Gasteiger partial charge in [-0.2, -0.15) is 0 Å². The number of nitrogens with one attached hydrogen (secondary N) is 1. The molecule has 4 atom stereocenters. The molecule has 9 heteroatoms. The number of rotatable bonds is 4. The molecule has 2 aromatic heterocycles. The monoisotopic (exact) mass is 481 g/mol. The third kappa shape index (κ3) is 3.24. The lowest BCUT2D eigenvalue weighted by molar-refractivity contribution is -0.232. The molecular weight excluding hydrogens is 446 g/mol. The van der Waals surface area contributed by atoms with Crippen LogP contribution in [0.1, 0.15) is 76.9 Å². The van der Waals surface area contributed by atoms with E-state index in [9.17, 15) is 5.11 Å². The molecule has 0 radical (unpaired) electrons. The average Bonchev–Trinajstić information content (AvgIpc) is 3.51. The summed E-state index contributed by atoms with van der Waals surface area (Å²) < 4.78 is 21.3. The Morgan fingerprint density at radius 2 is 1.66 bits per heavy atom. The second-order valence-electron chi connectivity index (χ2n) is 12.3. The highest BCUT2D eigenvalue weighted by molar-refractivity contribution is 5.83. The summed E-state index contributed by atoms with van der Waals surface area (Å²) in [6.07, 6.45) is 15.2. The summed E-state index contributed by atoms with van der Waals surface area (Å²) in [5.41, 5.74) is 1.66. The first kappa shape index (κ1) is 21.3. The highest BCUT2D eigenvalue weighted by atomic mass is 16.8. The molecule has 1 spiro atoms. The lowest BCUT2D eigenvalue weighted by Gasteiger charge is -2.57. The average molecular weight is 482 g/mol. The maximum Gasteiger partial charge on any atom is 0.169 e. The minimum Gasteiger partial charge on any atom is -0.394 e. The molecule has 7 aliphatic rings. The fraction of sp³-hybridized carbons (Fsp3) is 0.808. The second-order valence-corrected chi connectivity index (χ2v) is 12.3. The van der Waals surface area contributed by atoms with Crippen LogP contribution < -0.4 is 5.32 Å². The van der Waals surface area contributed by atoms with Crippen molar-refractivity contribution in [3.05, 3.63) is 12.7 Å². The smallest absolute Gasteiger partial charge is 0.169 e. The fourth-order valence-electron chi connectivity index (χ4n) is 8.84. The van der Waals surface area contributed by atoms with Crippen LogP contribution in [0.15, 0.2) is 12.7 Å². The van der Waals surface area contributed by atoms with Crippen molar-refractivity contribution in [3.8, 4) is 0 Å². The number of nitrogens with zero attached hydrogens (tertiary/aromatic N) is 4. The highest BCUT2D eigenvalue weighted by Crippen LogP contribution is 2.57. The summed E-state index contributed by atoms with van der Waals surface area (Å²) in [6, 6.07) is 0. The van der Waals surface area contributed by atoms with E-state index < -0.39 is 18.1 Å². The Bertz CT molecular complexity index is 1090. The van der Waals surface area contributed by atoms with E-state index in [-0.39, 0.29) is 24.4 Å². The number of hydrogen-bond donors (Lipinski definition) is 2. The van der Waals surface area contributed by atoms with Crippen LogP contribution in [-0.4, -0.2) is 60.9 Å². The zero-order chi connectivity index (χ0) is 23.2. The van der Waals surface area contributed by atoms with Crippen LogP contribution in [0.25, 0.3) is 11.2 Å². The summed E-state index contributed by atoms with van der Waals surface area (Å²) in [5, 5.41) is 13.9. The molecule has 0 amide bonds. The second kappa shape index (κ2) is 7.60. The number of imidazole rings is 1. The number of aliphatic hydroxyl groups excluding tert-OH is 1. The van der Waals surface area contributed by atoms with E-state index >= 15 is 0 Å². The Balaban J connectivity index is 1.11. The summed E-state index contributed by atoms with van der Waals surface area (Å²) in [7, 11) is 0. The van der Waals surface area contributed by atoms with Crippen molar-refractivity contribution in [1.29, 1.82) is 0 Å². The van der Waals surface area contributed by atoms with Crippen LogP contribution >= 0.6 is 0 Å². The summed E-state index contributed by atoms with van der Waals surface area (Å²) >= 11 is 0. The first-order chi connectivity index (χ1) is 17.1. The first-order valence-electron chi connectivity index (χ1n) is 13.7. The van der Waals surface area contributed by atoms with Crippen LogP contribution in [0, 0.1) is 17.8 Å². The number of ether oxygens (including phenoxy) is 3. The number of anilines is 1. The fourth-order valence-corrected chi connectivity index (χ4v) is 8.84.